The molecule has 0 aliphatic heterocycles. The van der Waals surface area contributed by atoms with Crippen molar-refractivity contribution in [1.29, 1.82) is 0 Å². The first kappa shape index (κ1) is 103. The van der Waals surface area contributed by atoms with E-state index in [2.05, 4.69) is 37.9 Å². The molecule has 6 amide bonds. The molecule has 14 rings (SSSR count). The van der Waals surface area contributed by atoms with Crippen molar-refractivity contribution in [2.45, 2.75) is 92.2 Å². The van der Waals surface area contributed by atoms with E-state index in [9.17, 15) is 154 Å². The molecule has 0 saturated heterocycles. The number of nitrogens with one attached hydrogen (secondary N) is 5. The summed E-state index contributed by atoms with van der Waals surface area (Å²) in [5, 5.41) is 148. The van der Waals surface area contributed by atoms with Gasteiger partial charge in [-0.2, -0.15) is 26.3 Å². The van der Waals surface area contributed by atoms with Crippen molar-refractivity contribution in [3.63, 3.8) is 0 Å². The highest BCUT2D eigenvalue weighted by molar-refractivity contribution is 7.80. The van der Waals surface area contributed by atoms with Crippen molar-refractivity contribution >= 4 is 145 Å². The topological polar surface area (TPSA) is 607 Å². The molecule has 0 radical (unpaired) electrons. The number of likely N-dealkylation sites (N-methyl/N-ethyl adjacent to an activating group) is 3. The van der Waals surface area contributed by atoms with Crippen molar-refractivity contribution in [3.8, 4) is 23.0 Å². The highest BCUT2D eigenvalue weighted by Gasteiger charge is 2.68. The minimum atomic E-state index is -5.13. The molecule has 744 valence electrons. The van der Waals surface area contributed by atoms with E-state index in [1.807, 2.05) is 0 Å². The third kappa shape index (κ3) is 18.0. The van der Waals surface area contributed by atoms with Gasteiger partial charge in [0.25, 0.3) is 17.7 Å². The van der Waals surface area contributed by atoms with Crippen molar-refractivity contribution in [1.82, 2.24) is 14.7 Å². The van der Waals surface area contributed by atoms with Crippen LogP contribution in [0.4, 0.5) is 94.6 Å². The molecule has 23 N–H and O–H groups in total. The predicted octanol–water partition coefficient (Wildman–Crippen LogP) is 7.21. The zero-order valence-corrected chi connectivity index (χ0v) is 76.4. The number of thiocarbonyl (C=S) groups is 1. The van der Waals surface area contributed by atoms with E-state index >= 15 is 0 Å². The monoisotopic (exact) mass is 1970 g/mol. The number of phenols is 3. The van der Waals surface area contributed by atoms with E-state index in [-0.39, 0.29) is 102 Å². The van der Waals surface area contributed by atoms with Gasteiger partial charge >= 0.3 is 30.8 Å². The summed E-state index contributed by atoms with van der Waals surface area (Å²) in [6.45, 7) is 3.37. The number of ether oxygens (including phenoxy) is 2. The second-order valence-corrected chi connectivity index (χ2v) is 35.9. The van der Waals surface area contributed by atoms with Crippen LogP contribution in [0.25, 0.3) is 17.3 Å². The van der Waals surface area contributed by atoms with Gasteiger partial charge in [-0.25, -0.2) is 9.59 Å². The van der Waals surface area contributed by atoms with Gasteiger partial charge in [0.05, 0.1) is 63.0 Å². The number of nitrogens with zero attached hydrogens (tertiary/aromatic N) is 6. The average Bonchev–Trinajstić information content (AvgIpc) is 0.703. The minimum Gasteiger partial charge on any atom is -0.508 e. The number of urea groups is 1. The van der Waals surface area contributed by atoms with Crippen LogP contribution in [0.2, 0.25) is 0 Å². The second kappa shape index (κ2) is 37.1. The van der Waals surface area contributed by atoms with Gasteiger partial charge in [-0.05, 0) is 188 Å². The van der Waals surface area contributed by atoms with E-state index in [1.165, 1.54) is 81.3 Å². The molecule has 3 saturated carbocycles. The number of rotatable bonds is 17. The first-order valence-corrected chi connectivity index (χ1v) is 42.3. The Labute approximate surface area is 787 Å². The Kier molecular flexibility index (Phi) is 27.6. The summed E-state index contributed by atoms with van der Waals surface area (Å²) in [5.74, 6) is -24.7. The first-order valence-electron chi connectivity index (χ1n) is 41.8. The number of anilines is 8. The zero-order chi connectivity index (χ0) is 104. The number of ketones is 6. The standard InChI is InChI=1S/C32H31F6N5O7S.C31H32F3N5O9.C27H32N4O9/c1-42(2)18-10-17(41-29(51)40-14-8-12(31(33,34)35)7-13(9-14)32(36,37)38)23(44)20-15(18)5-11-6-16-22(43(3)4)25(46)21(28(39)49)27(48)30(16,50)26(47)19(11)24(20)45;1-38(2)18-11-17(37-29(46)36-13-5-7-14(8-6-13)48-31(32,33)34)23(40)20-15(18)9-12-10-16-22(39(3)4)25(42)21(28(35)45)27(44)30(16,47)26(43)19(12)24(20)41;1-6-7-40-26(38)29-14-10-15(30(2)3)12-8-11-9-13-19(31(4)5)22(34)18(25(28)37)24(36)27(13,39)23(35)16(11)21(33)17(12)20(14)32/h7-11,16,22,44-45,48,50H,5-6H2,1-4H3,(H2,39,49)(H2,40,41,51);5-8,11-12,16,22,40-41,44,47H,9-10H2,1-4H3,(H2,35,45)(H2,36,37,46);6,10-11,13,19,32-33,36,39H,1,7-9H2,2-5H3,(H2,28,37)(H,29,38)/t11-,16-,22-,30-;12-,16-,22-,30-;11-,13-,19-,27-/m000/s1. The van der Waals surface area contributed by atoms with Crippen LogP contribution >= 0.6 is 12.2 Å². The van der Waals surface area contributed by atoms with E-state index in [1.54, 1.807) is 57.0 Å². The number of halogens is 9. The highest BCUT2D eigenvalue weighted by atomic mass is 32.1. The minimum absolute atomic E-state index is 0.0223. The molecule has 5 aromatic carbocycles. The summed E-state index contributed by atoms with van der Waals surface area (Å²) in [4.78, 5) is 153. The Morgan fingerprint density at radius 3 is 1.04 bits per heavy atom. The summed E-state index contributed by atoms with van der Waals surface area (Å²) >= 11 is 5.15. The third-order valence-electron chi connectivity index (χ3n) is 25.8. The number of nitrogens with two attached hydrogens (primary N) is 3. The number of aliphatic hydroxyl groups excluding tert-OH is 6. The molecule has 12 atom stereocenters. The lowest BCUT2D eigenvalue weighted by Crippen LogP contribution is -2.65. The molecule has 139 heavy (non-hydrogen) atoms. The maximum atomic E-state index is 14.1. The number of amides is 6. The molecule has 9 aliphatic rings. The van der Waals surface area contributed by atoms with E-state index < -0.39 is 255 Å². The van der Waals surface area contributed by atoms with Gasteiger partial charge in [-0.3, -0.25) is 63.2 Å². The predicted molar refractivity (Wildman–Crippen MR) is 483 cm³/mol. The number of hydrogen-bond acceptors (Lipinski definition) is 32. The summed E-state index contributed by atoms with van der Waals surface area (Å²) in [7, 11) is 18.9. The van der Waals surface area contributed by atoms with Crippen LogP contribution in [0.3, 0.4) is 0 Å². The van der Waals surface area contributed by atoms with Crippen LogP contribution in [0.15, 0.2) is 124 Å². The Bertz CT molecular complexity index is 6330. The molecule has 9 aliphatic carbocycles. The largest absolute Gasteiger partial charge is 0.573 e. The van der Waals surface area contributed by atoms with Crippen molar-refractivity contribution < 1.29 is 163 Å². The molecular weight excluding hydrogens is 1880 g/mol. The van der Waals surface area contributed by atoms with Gasteiger partial charge in [0, 0.05) is 105 Å². The Hall–Kier alpha value is -14.5. The third-order valence-corrected chi connectivity index (χ3v) is 26.0. The van der Waals surface area contributed by atoms with Crippen LogP contribution < -0.4 is 63.2 Å². The maximum Gasteiger partial charge on any atom is 0.573 e. The maximum absolute atomic E-state index is 14.1. The second-order valence-electron chi connectivity index (χ2n) is 35.5. The van der Waals surface area contributed by atoms with Crippen molar-refractivity contribution in [3.05, 3.63) is 169 Å². The smallest absolute Gasteiger partial charge is 0.508 e. The lowest BCUT2D eigenvalue weighted by molar-refractivity contribution is -0.274. The van der Waals surface area contributed by atoms with Gasteiger partial charge in [0.1, 0.15) is 69.4 Å². The number of carbonyl (C=O) groups is 11. The number of aliphatic hydroxyl groups is 9. The zero-order valence-electron chi connectivity index (χ0n) is 75.6. The summed E-state index contributed by atoms with van der Waals surface area (Å²) in [6, 6.07) is 4.61. The first-order chi connectivity index (χ1) is 64.4. The quantitative estimate of drug-likeness (QED) is 0.0144. The SMILES string of the molecule is C=CCOC(=O)Nc1cc(N(C)C)c2c(c1O)C(O)=C1C(=O)[C@]3(O)C(O)=C(C(N)=O)C(=O)[C@@H](N(C)C)[C@@H]3C[C@@H]1C2.CN(C)c1cc(NC(=O)Nc2ccc(OC(F)(F)F)cc2)c(O)c2c1C[C@H]1C[C@H]3[C@H](N(C)C)C(=O)C(C(N)=O)=C(O)[C@@]3(O)C(=O)C1=C2O.CN(C)c1cc(NC(=S)Nc2cc(C(F)(F)F)cc(C(F)(F)F)c2)c(O)c2c1C[C@H]1C[C@H]3[C@H](N(C)C)C(=O)C(C(N)=O)=C(O)[C@@]3(O)C(=O)C1=C2O. The van der Waals surface area contributed by atoms with Crippen molar-refractivity contribution in [2.75, 3.05) is 132 Å². The summed E-state index contributed by atoms with van der Waals surface area (Å²) in [6.07, 6.45) is -14.9. The Balaban J connectivity index is 0.000000188. The fourth-order valence-corrected chi connectivity index (χ4v) is 20.2. The van der Waals surface area contributed by atoms with Gasteiger partial charge in [0.2, 0.25) is 17.3 Å². The summed E-state index contributed by atoms with van der Waals surface area (Å²) < 4.78 is 127. The molecule has 49 heteroatoms. The number of phenolic OH excluding ortho intramolecular Hbond substituents is 3. The van der Waals surface area contributed by atoms with Crippen LogP contribution in [-0.2, 0) is 79.5 Å². The molecule has 0 aromatic heterocycles. The van der Waals surface area contributed by atoms with Gasteiger partial charge in [-0.1, -0.05) is 12.7 Å². The molecule has 0 spiro atoms. The lowest BCUT2D eigenvalue weighted by Gasteiger charge is -2.50. The number of alkyl halides is 9. The Morgan fingerprint density at radius 1 is 0.453 bits per heavy atom. The van der Waals surface area contributed by atoms with Gasteiger partial charge in [-0.15, -0.1) is 13.2 Å². The van der Waals surface area contributed by atoms with E-state index in [4.69, 9.17) is 34.2 Å². The lowest BCUT2D eigenvalue weighted by atomic mass is 9.57. The van der Waals surface area contributed by atoms with E-state index in [0.717, 1.165) is 24.3 Å². The average molecular weight is 1980 g/mol. The van der Waals surface area contributed by atoms with Crippen LogP contribution in [0.5, 0.6) is 23.0 Å². The van der Waals surface area contributed by atoms with Crippen LogP contribution in [0.1, 0.15) is 63.8 Å². The number of fused-ring (bicyclic) bond motifs is 9. The molecule has 5 aromatic rings. The van der Waals surface area contributed by atoms with Crippen LogP contribution in [0, 0.1) is 35.5 Å². The number of benzene rings is 5. The molecule has 3 fully saturated rings. The number of Topliss-reactive ketones (excluding diaryl/α,β-unsaturated/α-hetero) is 6. The molecular formula is C90H95F9N14O25S. The van der Waals surface area contributed by atoms with Gasteiger partial charge < -0.3 is 124 Å². The summed E-state index contributed by atoms with van der Waals surface area (Å²) in [5.41, 5.74) is 0.852. The number of hydrogen-bond donors (Lipinski definition) is 20. The fraction of sp³-hybridized carbons (Fsp3) is 0.378. The van der Waals surface area contributed by atoms with E-state index in [0.29, 0.717) is 45.9 Å². The molecule has 0 bridgehead atoms. The normalized spacial score (nSPS) is 24.2. The number of primary amides is 3. The fourth-order valence-electron chi connectivity index (χ4n) is 20.0. The van der Waals surface area contributed by atoms with Crippen LogP contribution in [-0.4, -0.2) is 278 Å². The molecule has 0 heterocycles. The highest BCUT2D eigenvalue weighted by Crippen LogP contribution is 2.60. The molecule has 0 unspecified atom stereocenters. The van der Waals surface area contributed by atoms with Gasteiger partial charge in [0.15, 0.2) is 50.8 Å². The molecule has 39 nitrogen and oxygen atoms in total. The Morgan fingerprint density at radius 2 is 0.763 bits per heavy atom. The number of aromatic hydroxyl groups is 3. The van der Waals surface area contributed by atoms with Crippen molar-refractivity contribution in [2.24, 2.45) is 52.7 Å². The number of carbonyl (C=O) groups excluding carboxylic acids is 11.